The van der Waals surface area contributed by atoms with Crippen LogP contribution in [0, 0.1) is 13.8 Å². The van der Waals surface area contributed by atoms with Gasteiger partial charge in [0.05, 0.1) is 0 Å². The van der Waals surface area contributed by atoms with Gasteiger partial charge >= 0.3 is 0 Å². The number of hydrogen-bond donors (Lipinski definition) is 0. The predicted octanol–water partition coefficient (Wildman–Crippen LogP) is 2.18. The van der Waals surface area contributed by atoms with Crippen LogP contribution in [0.1, 0.15) is 0 Å². The second kappa shape index (κ2) is 3.03. The fourth-order valence-electron chi connectivity index (χ4n) is 0. The molecule has 0 saturated carbocycles. The average molecular weight is 214 g/mol. The van der Waals surface area contributed by atoms with E-state index in [1.807, 2.05) is 0 Å². The molecule has 0 N–H and O–H groups in total. The molecule has 6 heavy (non-hydrogen) atoms. The third kappa shape index (κ3) is 3.16. The molecule has 2 unspecified atom stereocenters. The van der Waals surface area contributed by atoms with Gasteiger partial charge in [-0.2, -0.15) is 0 Å². The van der Waals surface area contributed by atoms with Gasteiger partial charge in [0.25, 0.3) is 0 Å². The monoisotopic (exact) mass is 212 g/mol. The van der Waals surface area contributed by atoms with Gasteiger partial charge < -0.3 is 0 Å². The lowest BCUT2D eigenvalue weighted by atomic mass is 10.4. The van der Waals surface area contributed by atoms with Gasteiger partial charge in [-0.15, -0.1) is 0 Å². The van der Waals surface area contributed by atoms with Crippen molar-refractivity contribution in [2.75, 3.05) is 0 Å². The van der Waals surface area contributed by atoms with Crippen molar-refractivity contribution in [3.05, 3.63) is 13.8 Å². The normalized spacial score (nSPS) is 20.0. The lowest BCUT2D eigenvalue weighted by Gasteiger charge is -2.00. The fraction of sp³-hybridized carbons (Fsp3) is 0.500. The van der Waals surface area contributed by atoms with Crippen LogP contribution >= 0.6 is 31.9 Å². The largest absolute Gasteiger partial charge is 0.0879 e. The molecule has 0 aromatic carbocycles. The minimum absolute atomic E-state index is 0.220. The van der Waals surface area contributed by atoms with Crippen molar-refractivity contribution in [1.82, 2.24) is 0 Å². The summed E-state index contributed by atoms with van der Waals surface area (Å²) in [4.78, 5) is 0.440. The second-order valence-corrected chi connectivity index (χ2v) is 3.38. The van der Waals surface area contributed by atoms with Crippen molar-refractivity contribution < 1.29 is 0 Å². The molecule has 0 spiro atoms. The van der Waals surface area contributed by atoms with Gasteiger partial charge in [-0.25, -0.2) is 0 Å². The summed E-state index contributed by atoms with van der Waals surface area (Å²) in [6, 6.07) is 0. The topological polar surface area (TPSA) is 0 Å². The zero-order valence-corrected chi connectivity index (χ0v) is 6.50. The van der Waals surface area contributed by atoms with Gasteiger partial charge in [-0.3, -0.25) is 0 Å². The SMILES string of the molecule is [CH2]C(Br)C([CH2])Br. The summed E-state index contributed by atoms with van der Waals surface area (Å²) >= 11 is 6.44. The molecule has 0 amide bonds. The molecule has 0 aliphatic heterocycles. The standard InChI is InChI=1S/C4H6Br2/c1-3(5)4(2)6/h3-4H,1-2H2. The summed E-state index contributed by atoms with van der Waals surface area (Å²) in [6.07, 6.45) is 0. The van der Waals surface area contributed by atoms with Gasteiger partial charge in [-0.1, -0.05) is 31.9 Å². The number of halogens is 2. The molecule has 36 valence electrons. The molecule has 0 aliphatic carbocycles. The van der Waals surface area contributed by atoms with E-state index < -0.39 is 0 Å². The molecule has 0 heterocycles. The first-order chi connectivity index (χ1) is 2.64. The molecule has 0 aliphatic rings. The van der Waals surface area contributed by atoms with E-state index in [0.29, 0.717) is 0 Å². The Morgan fingerprint density at radius 2 is 1.17 bits per heavy atom. The minimum atomic E-state index is 0.220. The van der Waals surface area contributed by atoms with E-state index in [4.69, 9.17) is 0 Å². The predicted molar refractivity (Wildman–Crippen MR) is 36.1 cm³/mol. The van der Waals surface area contributed by atoms with Gasteiger partial charge in [0.15, 0.2) is 0 Å². The zero-order chi connectivity index (χ0) is 5.15. The second-order valence-electron chi connectivity index (χ2n) is 1.03. The van der Waals surface area contributed by atoms with E-state index in [0.717, 1.165) is 0 Å². The molecule has 0 nitrogen and oxygen atoms in total. The molecule has 0 rings (SSSR count). The third-order valence-corrected chi connectivity index (χ3v) is 2.38. The Balaban J connectivity index is 2.99. The van der Waals surface area contributed by atoms with E-state index in [1.165, 1.54) is 0 Å². The first-order valence-electron chi connectivity index (χ1n) is 1.59. The Bertz CT molecular complexity index is 26.5. The van der Waals surface area contributed by atoms with Crippen LogP contribution in [-0.4, -0.2) is 9.65 Å². The van der Waals surface area contributed by atoms with Crippen LogP contribution in [0.2, 0.25) is 0 Å². The third-order valence-electron chi connectivity index (χ3n) is 0.392. The van der Waals surface area contributed by atoms with Crippen LogP contribution in [0.3, 0.4) is 0 Å². The van der Waals surface area contributed by atoms with E-state index >= 15 is 0 Å². The number of hydrogen-bond acceptors (Lipinski definition) is 0. The lowest BCUT2D eigenvalue weighted by Crippen LogP contribution is -2.03. The van der Waals surface area contributed by atoms with Gasteiger partial charge in [0.1, 0.15) is 0 Å². The number of alkyl halides is 2. The molecular weight excluding hydrogens is 208 g/mol. The van der Waals surface area contributed by atoms with Crippen molar-refractivity contribution in [2.45, 2.75) is 9.65 Å². The molecule has 2 heteroatoms. The number of rotatable bonds is 1. The summed E-state index contributed by atoms with van der Waals surface area (Å²) in [5.41, 5.74) is 0. The summed E-state index contributed by atoms with van der Waals surface area (Å²) in [5.74, 6) is 0. The van der Waals surface area contributed by atoms with Gasteiger partial charge in [0, 0.05) is 9.65 Å². The molecule has 0 aromatic rings. The maximum absolute atomic E-state index is 3.65. The highest BCUT2D eigenvalue weighted by Gasteiger charge is 2.00. The van der Waals surface area contributed by atoms with Crippen molar-refractivity contribution in [3.8, 4) is 0 Å². The van der Waals surface area contributed by atoms with Crippen molar-refractivity contribution in [2.24, 2.45) is 0 Å². The Labute approximate surface area is 55.6 Å². The summed E-state index contributed by atoms with van der Waals surface area (Å²) in [5, 5.41) is 0. The van der Waals surface area contributed by atoms with Crippen LogP contribution in [0.15, 0.2) is 0 Å². The fourth-order valence-corrected chi connectivity index (χ4v) is 0. The van der Waals surface area contributed by atoms with E-state index in [2.05, 4.69) is 45.7 Å². The van der Waals surface area contributed by atoms with Crippen LogP contribution in [0.25, 0.3) is 0 Å². The molecule has 2 atom stereocenters. The smallest absolute Gasteiger partial charge is 0.0271 e. The highest BCUT2D eigenvalue weighted by Crippen LogP contribution is 2.10. The minimum Gasteiger partial charge on any atom is -0.0879 e. The summed E-state index contributed by atoms with van der Waals surface area (Å²) in [7, 11) is 0. The molecular formula is C4H6Br2. The van der Waals surface area contributed by atoms with E-state index in [9.17, 15) is 0 Å². The Kier molecular flexibility index (Phi) is 3.51. The first-order valence-corrected chi connectivity index (χ1v) is 3.42. The van der Waals surface area contributed by atoms with E-state index in [-0.39, 0.29) is 9.65 Å². The van der Waals surface area contributed by atoms with Crippen LogP contribution < -0.4 is 0 Å². The highest BCUT2D eigenvalue weighted by molar-refractivity contribution is 9.12. The molecule has 0 aromatic heterocycles. The van der Waals surface area contributed by atoms with Crippen LogP contribution in [-0.2, 0) is 0 Å². The molecule has 0 saturated heterocycles. The van der Waals surface area contributed by atoms with Gasteiger partial charge in [0.2, 0.25) is 0 Å². The summed E-state index contributed by atoms with van der Waals surface area (Å²) < 4.78 is 0. The maximum Gasteiger partial charge on any atom is 0.0271 e. The van der Waals surface area contributed by atoms with E-state index in [1.54, 1.807) is 0 Å². The zero-order valence-electron chi connectivity index (χ0n) is 3.32. The Hall–Kier alpha value is 0.960. The van der Waals surface area contributed by atoms with Gasteiger partial charge in [-0.05, 0) is 13.8 Å². The average Bonchev–Trinajstić information content (AvgIpc) is 1.36. The Morgan fingerprint density at radius 1 is 1.00 bits per heavy atom. The highest BCUT2D eigenvalue weighted by atomic mass is 79.9. The van der Waals surface area contributed by atoms with Crippen molar-refractivity contribution in [3.63, 3.8) is 0 Å². The quantitative estimate of drug-likeness (QED) is 0.586. The summed E-state index contributed by atoms with van der Waals surface area (Å²) in [6.45, 7) is 7.29. The van der Waals surface area contributed by atoms with Crippen LogP contribution in [0.4, 0.5) is 0 Å². The molecule has 0 bridgehead atoms. The maximum atomic E-state index is 3.65. The van der Waals surface area contributed by atoms with Crippen molar-refractivity contribution in [1.29, 1.82) is 0 Å². The van der Waals surface area contributed by atoms with Crippen molar-refractivity contribution >= 4 is 31.9 Å². The molecule has 2 radical (unpaired) electrons. The lowest BCUT2D eigenvalue weighted by molar-refractivity contribution is 1.13. The molecule has 0 fully saturated rings. The van der Waals surface area contributed by atoms with Crippen LogP contribution in [0.5, 0.6) is 0 Å². The first kappa shape index (κ1) is 6.96. The Morgan fingerprint density at radius 3 is 1.17 bits per heavy atom.